The summed E-state index contributed by atoms with van der Waals surface area (Å²) in [6.45, 7) is 2.91. The zero-order valence-electron chi connectivity index (χ0n) is 9.00. The van der Waals surface area contributed by atoms with Crippen LogP contribution in [-0.2, 0) is 0 Å². The lowest BCUT2D eigenvalue weighted by molar-refractivity contribution is 0.292. The van der Waals surface area contributed by atoms with E-state index in [4.69, 9.17) is 10.5 Å². The molecule has 0 bridgehead atoms. The average Bonchev–Trinajstić information content (AvgIpc) is 2.20. The minimum absolute atomic E-state index is 0.626. The third kappa shape index (κ3) is 4.51. The van der Waals surface area contributed by atoms with E-state index >= 15 is 0 Å². The van der Waals surface area contributed by atoms with Crippen LogP contribution in [0.15, 0.2) is 16.7 Å². The zero-order valence-corrected chi connectivity index (χ0v) is 10.6. The van der Waals surface area contributed by atoms with Crippen molar-refractivity contribution in [1.82, 2.24) is 4.98 Å². The number of ether oxygens (including phenoxy) is 1. The molecule has 4 heteroatoms. The predicted molar refractivity (Wildman–Crippen MR) is 66.0 cm³/mol. The summed E-state index contributed by atoms with van der Waals surface area (Å²) in [6, 6.07) is 1.80. The summed E-state index contributed by atoms with van der Waals surface area (Å²) in [7, 11) is 0. The molecule has 0 spiro atoms. The van der Waals surface area contributed by atoms with Gasteiger partial charge in [-0.05, 0) is 28.4 Å². The molecular formula is C11H17BrN2O. The van der Waals surface area contributed by atoms with Gasteiger partial charge in [0, 0.05) is 0 Å². The molecule has 0 fully saturated rings. The van der Waals surface area contributed by atoms with Gasteiger partial charge in [-0.1, -0.05) is 26.2 Å². The van der Waals surface area contributed by atoms with Crippen molar-refractivity contribution in [3.05, 3.63) is 16.7 Å². The summed E-state index contributed by atoms with van der Waals surface area (Å²) in [5.74, 6) is 0.626. The van der Waals surface area contributed by atoms with Crippen molar-refractivity contribution in [2.45, 2.75) is 32.6 Å². The summed E-state index contributed by atoms with van der Waals surface area (Å²) in [6.07, 6.45) is 6.39. The number of pyridine rings is 1. The fraction of sp³-hybridized carbons (Fsp3) is 0.545. The molecule has 0 aliphatic carbocycles. The number of aromatic nitrogens is 1. The standard InChI is InChI=1S/C11H17BrN2O/c1-2-3-4-5-6-15-11-10(12)7-9(13)8-14-11/h7-8H,2-6,13H2,1H3. The Morgan fingerprint density at radius 1 is 1.40 bits per heavy atom. The van der Waals surface area contributed by atoms with Crippen LogP contribution in [0.1, 0.15) is 32.6 Å². The Hall–Kier alpha value is -0.770. The molecule has 1 heterocycles. The number of nitrogens with zero attached hydrogens (tertiary/aromatic N) is 1. The Balaban J connectivity index is 2.31. The van der Waals surface area contributed by atoms with Crippen LogP contribution in [0, 0.1) is 0 Å². The summed E-state index contributed by atoms with van der Waals surface area (Å²) in [4.78, 5) is 4.10. The van der Waals surface area contributed by atoms with E-state index in [2.05, 4.69) is 27.8 Å². The molecule has 84 valence electrons. The Labute approximate surface area is 99.2 Å². The van der Waals surface area contributed by atoms with Gasteiger partial charge in [0.2, 0.25) is 5.88 Å². The summed E-state index contributed by atoms with van der Waals surface area (Å²) < 4.78 is 6.34. The summed E-state index contributed by atoms with van der Waals surface area (Å²) >= 11 is 3.36. The van der Waals surface area contributed by atoms with Crippen molar-refractivity contribution < 1.29 is 4.74 Å². The molecule has 15 heavy (non-hydrogen) atoms. The van der Waals surface area contributed by atoms with Crippen LogP contribution in [0.5, 0.6) is 5.88 Å². The zero-order chi connectivity index (χ0) is 11.1. The van der Waals surface area contributed by atoms with Gasteiger partial charge < -0.3 is 10.5 Å². The smallest absolute Gasteiger partial charge is 0.228 e. The maximum absolute atomic E-state index is 5.57. The van der Waals surface area contributed by atoms with Crippen molar-refractivity contribution in [1.29, 1.82) is 0 Å². The summed E-state index contributed by atoms with van der Waals surface area (Å²) in [5.41, 5.74) is 6.21. The molecule has 0 aliphatic rings. The van der Waals surface area contributed by atoms with E-state index in [0.717, 1.165) is 17.5 Å². The Morgan fingerprint density at radius 2 is 2.20 bits per heavy atom. The Bertz CT molecular complexity index is 305. The highest BCUT2D eigenvalue weighted by atomic mass is 79.9. The van der Waals surface area contributed by atoms with Crippen LogP contribution in [-0.4, -0.2) is 11.6 Å². The average molecular weight is 273 g/mol. The Morgan fingerprint density at radius 3 is 2.87 bits per heavy atom. The number of anilines is 1. The van der Waals surface area contributed by atoms with Crippen LogP contribution in [0.2, 0.25) is 0 Å². The molecule has 0 saturated heterocycles. The fourth-order valence-corrected chi connectivity index (χ4v) is 1.73. The van der Waals surface area contributed by atoms with Gasteiger partial charge in [0.25, 0.3) is 0 Å². The van der Waals surface area contributed by atoms with E-state index in [1.54, 1.807) is 12.3 Å². The molecule has 0 radical (unpaired) electrons. The predicted octanol–water partition coefficient (Wildman–Crippen LogP) is 3.39. The monoisotopic (exact) mass is 272 g/mol. The van der Waals surface area contributed by atoms with Gasteiger partial charge in [0.05, 0.1) is 23.0 Å². The lowest BCUT2D eigenvalue weighted by Gasteiger charge is -2.06. The lowest BCUT2D eigenvalue weighted by atomic mass is 10.2. The Kier molecular flexibility index (Phi) is 5.47. The SMILES string of the molecule is CCCCCCOc1ncc(N)cc1Br. The van der Waals surface area contributed by atoms with E-state index < -0.39 is 0 Å². The molecule has 1 aromatic rings. The second kappa shape index (κ2) is 6.67. The minimum Gasteiger partial charge on any atom is -0.477 e. The second-order valence-electron chi connectivity index (χ2n) is 3.46. The molecule has 0 aromatic carbocycles. The highest BCUT2D eigenvalue weighted by Gasteiger charge is 2.02. The number of halogens is 1. The first kappa shape index (κ1) is 12.3. The van der Waals surface area contributed by atoms with Gasteiger partial charge in [-0.25, -0.2) is 4.98 Å². The van der Waals surface area contributed by atoms with E-state index in [-0.39, 0.29) is 0 Å². The maximum Gasteiger partial charge on any atom is 0.228 e. The molecule has 1 rings (SSSR count). The highest BCUT2D eigenvalue weighted by Crippen LogP contribution is 2.23. The largest absolute Gasteiger partial charge is 0.477 e. The number of hydrogen-bond acceptors (Lipinski definition) is 3. The van der Waals surface area contributed by atoms with Crippen molar-refractivity contribution in [3.8, 4) is 5.88 Å². The van der Waals surface area contributed by atoms with Crippen molar-refractivity contribution in [2.24, 2.45) is 0 Å². The third-order valence-corrected chi connectivity index (χ3v) is 2.63. The maximum atomic E-state index is 5.57. The highest BCUT2D eigenvalue weighted by molar-refractivity contribution is 9.10. The van der Waals surface area contributed by atoms with Crippen LogP contribution in [0.25, 0.3) is 0 Å². The van der Waals surface area contributed by atoms with Gasteiger partial charge in [0.15, 0.2) is 0 Å². The first-order valence-electron chi connectivity index (χ1n) is 5.28. The van der Waals surface area contributed by atoms with E-state index in [0.29, 0.717) is 11.6 Å². The number of nitrogen functional groups attached to an aromatic ring is 1. The summed E-state index contributed by atoms with van der Waals surface area (Å²) in [5, 5.41) is 0. The normalized spacial score (nSPS) is 10.3. The molecular weight excluding hydrogens is 256 g/mol. The third-order valence-electron chi connectivity index (χ3n) is 2.07. The molecule has 0 amide bonds. The number of rotatable bonds is 6. The molecule has 3 nitrogen and oxygen atoms in total. The van der Waals surface area contributed by atoms with E-state index in [1.807, 2.05) is 0 Å². The number of unbranched alkanes of at least 4 members (excludes halogenated alkanes) is 3. The second-order valence-corrected chi connectivity index (χ2v) is 4.32. The molecule has 0 saturated carbocycles. The molecule has 0 aliphatic heterocycles. The lowest BCUT2D eigenvalue weighted by Crippen LogP contribution is -2.00. The topological polar surface area (TPSA) is 48.1 Å². The fourth-order valence-electron chi connectivity index (χ4n) is 1.24. The van der Waals surface area contributed by atoms with Gasteiger partial charge in [0.1, 0.15) is 0 Å². The van der Waals surface area contributed by atoms with Crippen molar-refractivity contribution in [2.75, 3.05) is 12.3 Å². The van der Waals surface area contributed by atoms with Gasteiger partial charge >= 0.3 is 0 Å². The van der Waals surface area contributed by atoms with Crippen molar-refractivity contribution >= 4 is 21.6 Å². The van der Waals surface area contributed by atoms with Crippen LogP contribution < -0.4 is 10.5 Å². The molecule has 0 unspecified atom stereocenters. The van der Waals surface area contributed by atoms with Gasteiger partial charge in [-0.3, -0.25) is 0 Å². The van der Waals surface area contributed by atoms with Crippen LogP contribution >= 0.6 is 15.9 Å². The minimum atomic E-state index is 0.626. The van der Waals surface area contributed by atoms with Gasteiger partial charge in [-0.2, -0.15) is 0 Å². The van der Waals surface area contributed by atoms with Crippen LogP contribution in [0.3, 0.4) is 0 Å². The van der Waals surface area contributed by atoms with E-state index in [1.165, 1.54) is 19.3 Å². The van der Waals surface area contributed by atoms with Crippen molar-refractivity contribution in [3.63, 3.8) is 0 Å². The first-order valence-corrected chi connectivity index (χ1v) is 6.07. The molecule has 2 N–H and O–H groups in total. The van der Waals surface area contributed by atoms with E-state index in [9.17, 15) is 0 Å². The number of nitrogens with two attached hydrogens (primary N) is 1. The quantitative estimate of drug-likeness (QED) is 0.808. The molecule has 1 aromatic heterocycles. The number of hydrogen-bond donors (Lipinski definition) is 1. The molecule has 0 atom stereocenters. The van der Waals surface area contributed by atoms with Gasteiger partial charge in [-0.15, -0.1) is 0 Å². The first-order chi connectivity index (χ1) is 7.24. The van der Waals surface area contributed by atoms with Crippen LogP contribution in [0.4, 0.5) is 5.69 Å².